The van der Waals surface area contributed by atoms with Crippen LogP contribution in [0.3, 0.4) is 0 Å². The van der Waals surface area contributed by atoms with Crippen molar-refractivity contribution < 1.29 is 5.11 Å². The molecule has 0 aliphatic heterocycles. The molecule has 1 heterocycles. The van der Waals surface area contributed by atoms with Gasteiger partial charge in [0.1, 0.15) is 11.3 Å². The maximum atomic E-state index is 9.83. The molecule has 0 aliphatic rings. The Balaban J connectivity index is 1.69. The average molecular weight is 299 g/mol. The molecule has 0 saturated heterocycles. The van der Waals surface area contributed by atoms with Crippen molar-refractivity contribution in [1.29, 1.82) is 0 Å². The Kier molecular flexibility index (Phi) is 4.04. The average Bonchev–Trinajstić information content (AvgIpc) is 2.48. The summed E-state index contributed by atoms with van der Waals surface area (Å²) in [5, 5.41) is 14.8. The van der Waals surface area contributed by atoms with E-state index in [0.29, 0.717) is 12.1 Å². The number of rotatable bonds is 4. The molecule has 0 aliphatic carbocycles. The van der Waals surface area contributed by atoms with Crippen molar-refractivity contribution in [1.82, 2.24) is 10.3 Å². The number of para-hydroxylation sites is 1. The Hall–Kier alpha value is -2.10. The second kappa shape index (κ2) is 6.12. The van der Waals surface area contributed by atoms with E-state index in [1.807, 2.05) is 48.5 Å². The molecule has 4 heteroatoms. The van der Waals surface area contributed by atoms with Crippen LogP contribution in [0.15, 0.2) is 54.6 Å². The van der Waals surface area contributed by atoms with E-state index in [1.54, 1.807) is 6.07 Å². The fourth-order valence-corrected chi connectivity index (χ4v) is 2.47. The Morgan fingerprint density at radius 1 is 1.00 bits per heavy atom. The lowest BCUT2D eigenvalue weighted by molar-refractivity contribution is 0.480. The third-order valence-corrected chi connectivity index (χ3v) is 3.52. The van der Waals surface area contributed by atoms with Crippen molar-refractivity contribution in [2.24, 2.45) is 0 Å². The van der Waals surface area contributed by atoms with E-state index in [1.165, 1.54) is 0 Å². The highest BCUT2D eigenvalue weighted by Crippen LogP contribution is 2.22. The fraction of sp³-hybridized carbons (Fsp3) is 0.118. The second-order valence-corrected chi connectivity index (χ2v) is 5.32. The van der Waals surface area contributed by atoms with Gasteiger partial charge in [-0.3, -0.25) is 0 Å². The minimum Gasteiger partial charge on any atom is -0.506 e. The maximum absolute atomic E-state index is 9.83. The zero-order valence-electron chi connectivity index (χ0n) is 11.4. The fourth-order valence-electron chi connectivity index (χ4n) is 2.25. The Labute approximate surface area is 128 Å². The molecule has 21 heavy (non-hydrogen) atoms. The summed E-state index contributed by atoms with van der Waals surface area (Å²) in [7, 11) is 0. The van der Waals surface area contributed by atoms with Gasteiger partial charge < -0.3 is 10.4 Å². The van der Waals surface area contributed by atoms with Gasteiger partial charge in [-0.05, 0) is 29.8 Å². The van der Waals surface area contributed by atoms with Crippen LogP contribution in [0.1, 0.15) is 11.3 Å². The Bertz CT molecular complexity index is 774. The molecular formula is C17H15ClN2O. The Morgan fingerprint density at radius 3 is 2.71 bits per heavy atom. The molecule has 0 radical (unpaired) electrons. The van der Waals surface area contributed by atoms with Crippen molar-refractivity contribution in [2.45, 2.75) is 13.1 Å². The van der Waals surface area contributed by atoms with Crippen LogP contribution >= 0.6 is 11.6 Å². The molecule has 2 N–H and O–H groups in total. The number of nitrogens with one attached hydrogen (secondary N) is 1. The molecule has 0 unspecified atom stereocenters. The molecule has 3 rings (SSSR count). The van der Waals surface area contributed by atoms with Gasteiger partial charge in [0.2, 0.25) is 0 Å². The first kappa shape index (κ1) is 13.9. The lowest BCUT2D eigenvalue weighted by atomic mass is 10.2. The van der Waals surface area contributed by atoms with Crippen LogP contribution in [-0.4, -0.2) is 10.1 Å². The summed E-state index contributed by atoms with van der Waals surface area (Å²) in [6.07, 6.45) is 0. The number of hydrogen-bond donors (Lipinski definition) is 2. The highest BCUT2D eigenvalue weighted by Gasteiger charge is 2.02. The number of hydrogen-bond acceptors (Lipinski definition) is 3. The molecule has 0 atom stereocenters. The summed E-state index contributed by atoms with van der Waals surface area (Å²) >= 11 is 5.96. The molecule has 106 valence electrons. The largest absolute Gasteiger partial charge is 0.506 e. The first-order valence-corrected chi connectivity index (χ1v) is 7.13. The van der Waals surface area contributed by atoms with Crippen LogP contribution < -0.4 is 5.32 Å². The van der Waals surface area contributed by atoms with E-state index in [0.717, 1.165) is 28.2 Å². The summed E-state index contributed by atoms with van der Waals surface area (Å²) in [4.78, 5) is 4.48. The number of benzene rings is 2. The van der Waals surface area contributed by atoms with E-state index >= 15 is 0 Å². The first-order valence-electron chi connectivity index (χ1n) is 6.75. The van der Waals surface area contributed by atoms with E-state index in [9.17, 15) is 5.11 Å². The van der Waals surface area contributed by atoms with Crippen molar-refractivity contribution in [2.75, 3.05) is 0 Å². The minimum atomic E-state index is 0.212. The van der Waals surface area contributed by atoms with Crippen molar-refractivity contribution in [3.05, 3.63) is 70.9 Å². The van der Waals surface area contributed by atoms with Crippen molar-refractivity contribution in [3.63, 3.8) is 0 Å². The monoisotopic (exact) mass is 298 g/mol. The van der Waals surface area contributed by atoms with Gasteiger partial charge in [0, 0.05) is 23.5 Å². The lowest BCUT2D eigenvalue weighted by Crippen LogP contribution is -2.13. The van der Waals surface area contributed by atoms with Crippen LogP contribution in [0.5, 0.6) is 5.75 Å². The molecule has 2 aromatic carbocycles. The number of nitrogens with zero attached hydrogens (tertiary/aromatic N) is 1. The lowest BCUT2D eigenvalue weighted by Gasteiger charge is -2.07. The molecule has 0 fully saturated rings. The zero-order valence-corrected chi connectivity index (χ0v) is 12.1. The number of halogens is 1. The number of phenolic OH excluding ortho intramolecular Hbond substituents is 1. The number of phenols is 1. The van der Waals surface area contributed by atoms with Crippen molar-refractivity contribution in [3.8, 4) is 5.75 Å². The maximum Gasteiger partial charge on any atom is 0.141 e. The van der Waals surface area contributed by atoms with Crippen LogP contribution in [0.25, 0.3) is 10.9 Å². The van der Waals surface area contributed by atoms with Gasteiger partial charge in [0.15, 0.2) is 0 Å². The van der Waals surface area contributed by atoms with Crippen LogP contribution in [0, 0.1) is 0 Å². The predicted molar refractivity (Wildman–Crippen MR) is 85.4 cm³/mol. The van der Waals surface area contributed by atoms with Gasteiger partial charge in [0.25, 0.3) is 0 Å². The van der Waals surface area contributed by atoms with E-state index in [4.69, 9.17) is 11.6 Å². The molecule has 3 aromatic rings. The molecule has 0 spiro atoms. The van der Waals surface area contributed by atoms with Gasteiger partial charge in [-0.2, -0.15) is 0 Å². The molecule has 3 nitrogen and oxygen atoms in total. The third kappa shape index (κ3) is 3.32. The quantitative estimate of drug-likeness (QED) is 0.768. The second-order valence-electron chi connectivity index (χ2n) is 4.88. The van der Waals surface area contributed by atoms with Gasteiger partial charge in [-0.15, -0.1) is 0 Å². The summed E-state index contributed by atoms with van der Waals surface area (Å²) in [5.74, 6) is 0.212. The summed E-state index contributed by atoms with van der Waals surface area (Å²) in [6, 6.07) is 17.1. The number of fused-ring (bicyclic) bond motifs is 1. The van der Waals surface area contributed by atoms with E-state index in [-0.39, 0.29) is 5.75 Å². The summed E-state index contributed by atoms with van der Waals surface area (Å²) in [5.41, 5.74) is 2.66. The SMILES string of the molecule is Oc1cccc2ccc(CNCc3cccc(Cl)c3)nc12. The van der Waals surface area contributed by atoms with Crippen LogP contribution in [-0.2, 0) is 13.1 Å². The summed E-state index contributed by atoms with van der Waals surface area (Å²) < 4.78 is 0. The van der Waals surface area contributed by atoms with E-state index in [2.05, 4.69) is 10.3 Å². The van der Waals surface area contributed by atoms with Gasteiger partial charge in [0.05, 0.1) is 5.69 Å². The van der Waals surface area contributed by atoms with Gasteiger partial charge >= 0.3 is 0 Å². The number of aromatic nitrogens is 1. The number of aromatic hydroxyl groups is 1. The smallest absolute Gasteiger partial charge is 0.141 e. The Morgan fingerprint density at radius 2 is 1.86 bits per heavy atom. The third-order valence-electron chi connectivity index (χ3n) is 3.28. The molecule has 1 aromatic heterocycles. The highest BCUT2D eigenvalue weighted by atomic mass is 35.5. The standard InChI is InChI=1S/C17H15ClN2O/c18-14-5-1-3-12(9-14)10-19-11-15-8-7-13-4-2-6-16(21)17(13)20-15/h1-9,19,21H,10-11H2. The normalized spacial score (nSPS) is 10.9. The van der Waals surface area contributed by atoms with Crippen LogP contribution in [0.4, 0.5) is 0 Å². The van der Waals surface area contributed by atoms with Gasteiger partial charge in [-0.1, -0.05) is 41.9 Å². The van der Waals surface area contributed by atoms with Crippen molar-refractivity contribution >= 4 is 22.5 Å². The molecule has 0 saturated carbocycles. The van der Waals surface area contributed by atoms with E-state index < -0.39 is 0 Å². The molecular weight excluding hydrogens is 284 g/mol. The van der Waals surface area contributed by atoms with Gasteiger partial charge in [-0.25, -0.2) is 4.98 Å². The highest BCUT2D eigenvalue weighted by molar-refractivity contribution is 6.30. The molecule has 0 amide bonds. The first-order chi connectivity index (χ1) is 10.2. The summed E-state index contributed by atoms with van der Waals surface area (Å²) in [6.45, 7) is 1.36. The minimum absolute atomic E-state index is 0.212. The number of pyridine rings is 1. The zero-order chi connectivity index (χ0) is 14.7. The topological polar surface area (TPSA) is 45.1 Å². The van der Waals surface area contributed by atoms with Crippen LogP contribution in [0.2, 0.25) is 5.02 Å². The predicted octanol–water partition coefficient (Wildman–Crippen LogP) is 3.88. The molecule has 0 bridgehead atoms.